The van der Waals surface area contributed by atoms with Crippen molar-refractivity contribution >= 4 is 25.2 Å². The van der Waals surface area contributed by atoms with Crippen molar-refractivity contribution < 1.29 is 29.1 Å². The van der Waals surface area contributed by atoms with E-state index in [2.05, 4.69) is 5.32 Å². The zero-order valence-electron chi connectivity index (χ0n) is 21.1. The van der Waals surface area contributed by atoms with Gasteiger partial charge in [-0.1, -0.05) is 54.6 Å². The molecule has 0 bridgehead atoms. The van der Waals surface area contributed by atoms with Gasteiger partial charge >= 0.3 is 13.2 Å². The molecule has 1 saturated heterocycles. The zero-order chi connectivity index (χ0) is 26.8. The van der Waals surface area contributed by atoms with Crippen molar-refractivity contribution in [3.8, 4) is 6.07 Å². The predicted molar refractivity (Wildman–Crippen MR) is 139 cm³/mol. The van der Waals surface area contributed by atoms with Gasteiger partial charge in [0.1, 0.15) is 11.6 Å². The number of carbonyl (C=O) groups excluding carboxylic acids is 2. The first-order valence-corrected chi connectivity index (χ1v) is 12.1. The van der Waals surface area contributed by atoms with Crippen molar-refractivity contribution in [1.29, 1.82) is 5.26 Å². The molecule has 1 heterocycles. The summed E-state index contributed by atoms with van der Waals surface area (Å²) >= 11 is 0. The van der Waals surface area contributed by atoms with Crippen LogP contribution in [0.15, 0.2) is 60.2 Å². The number of hydrogen-bond acceptors (Lipinski definition) is 7. The minimum absolute atomic E-state index is 0.0368. The Morgan fingerprint density at radius 1 is 1.22 bits per heavy atom. The molecule has 2 amide bonds. The zero-order valence-corrected chi connectivity index (χ0v) is 21.1. The number of nitriles is 1. The lowest BCUT2D eigenvalue weighted by atomic mass is 9.76. The molecule has 3 rings (SSSR count). The van der Waals surface area contributed by atoms with E-state index >= 15 is 0 Å². The largest absolute Gasteiger partial charge is 0.475 e. The van der Waals surface area contributed by atoms with Gasteiger partial charge in [-0.05, 0) is 43.0 Å². The van der Waals surface area contributed by atoms with Crippen LogP contribution >= 0.6 is 0 Å². The molecule has 10 heteroatoms. The van der Waals surface area contributed by atoms with Crippen molar-refractivity contribution in [1.82, 2.24) is 10.2 Å². The molecule has 0 spiro atoms. The van der Waals surface area contributed by atoms with Crippen molar-refractivity contribution in [2.45, 2.75) is 38.2 Å². The Hall–Kier alpha value is -3.65. The Kier molecular flexibility index (Phi) is 9.86. The summed E-state index contributed by atoms with van der Waals surface area (Å²) in [5, 5.41) is 31.4. The molecule has 194 valence electrons. The normalized spacial score (nSPS) is 15.9. The van der Waals surface area contributed by atoms with Crippen LogP contribution < -0.4 is 5.32 Å². The van der Waals surface area contributed by atoms with Crippen LogP contribution in [0, 0.1) is 11.3 Å². The van der Waals surface area contributed by atoms with Crippen LogP contribution in [-0.2, 0) is 27.1 Å². The van der Waals surface area contributed by atoms with Gasteiger partial charge in [-0.3, -0.25) is 4.79 Å². The van der Waals surface area contributed by atoms with Gasteiger partial charge < -0.3 is 29.7 Å². The van der Waals surface area contributed by atoms with Crippen molar-refractivity contribution in [2.75, 3.05) is 26.4 Å². The molecule has 2 aromatic rings. The first-order valence-electron chi connectivity index (χ1n) is 12.1. The molecule has 0 radical (unpaired) electrons. The Labute approximate surface area is 217 Å². The molecule has 1 atom stereocenters. The minimum atomic E-state index is -1.74. The fraction of sp³-hybridized carbons (Fsp3) is 0.370. The first-order chi connectivity index (χ1) is 17.7. The predicted octanol–water partition coefficient (Wildman–Crippen LogP) is 2.12. The maximum absolute atomic E-state index is 13.0. The van der Waals surface area contributed by atoms with Crippen LogP contribution in [0.25, 0.3) is 6.08 Å². The highest BCUT2D eigenvalue weighted by Gasteiger charge is 2.35. The molecule has 37 heavy (non-hydrogen) atoms. The van der Waals surface area contributed by atoms with E-state index in [4.69, 9.17) is 9.47 Å². The summed E-state index contributed by atoms with van der Waals surface area (Å²) in [6.45, 7) is 5.13. The van der Waals surface area contributed by atoms with Gasteiger partial charge in [0, 0.05) is 13.0 Å². The molecule has 1 fully saturated rings. The third-order valence-corrected chi connectivity index (χ3v) is 6.09. The summed E-state index contributed by atoms with van der Waals surface area (Å²) < 4.78 is 10.7. The van der Waals surface area contributed by atoms with Crippen molar-refractivity contribution in [2.24, 2.45) is 0 Å². The van der Waals surface area contributed by atoms with Gasteiger partial charge in [0.2, 0.25) is 0 Å². The number of nitrogens with one attached hydrogen (secondary N) is 1. The second-order valence-corrected chi connectivity index (χ2v) is 9.48. The summed E-state index contributed by atoms with van der Waals surface area (Å²) in [5.41, 5.74) is 1.91. The fourth-order valence-electron chi connectivity index (χ4n) is 4.08. The van der Waals surface area contributed by atoms with E-state index in [0.29, 0.717) is 31.7 Å². The SMILES string of the molecule is CC1(C)COCCN1C(=O)C(C#N)=Cc1cccc(CCOC(=O)NC(Cc2ccccc2)B(O)O)c1. The Bertz CT molecular complexity index is 1150. The maximum Gasteiger partial charge on any atom is 0.475 e. The Morgan fingerprint density at radius 3 is 2.62 bits per heavy atom. The second kappa shape index (κ2) is 13.1. The molecule has 0 aliphatic carbocycles. The number of amides is 2. The van der Waals surface area contributed by atoms with E-state index in [-0.39, 0.29) is 24.5 Å². The number of morpholine rings is 1. The van der Waals surface area contributed by atoms with Crippen LogP contribution in [-0.4, -0.2) is 71.9 Å². The average Bonchev–Trinajstić information content (AvgIpc) is 2.87. The molecule has 3 N–H and O–H groups in total. The molecular formula is C27H32BN3O6. The highest BCUT2D eigenvalue weighted by atomic mass is 16.5. The average molecular weight is 505 g/mol. The summed E-state index contributed by atoms with van der Waals surface area (Å²) in [6.07, 6.45) is 1.44. The summed E-state index contributed by atoms with van der Waals surface area (Å²) in [6, 6.07) is 18.5. The summed E-state index contributed by atoms with van der Waals surface area (Å²) in [5.74, 6) is -1.25. The molecule has 2 aromatic carbocycles. The number of nitrogens with zero attached hydrogens (tertiary/aromatic N) is 2. The standard InChI is InChI=1S/C27H32BN3O6/c1-27(2)19-36-14-12-31(27)25(32)23(18-29)16-22-10-6-9-21(15-22)11-13-37-26(33)30-24(28(34)35)17-20-7-4-3-5-8-20/h3-10,15-16,24,34-35H,11-14,17,19H2,1-2H3,(H,30,33). The number of hydrogen-bond donors (Lipinski definition) is 3. The third kappa shape index (κ3) is 8.18. The molecule has 0 aromatic heterocycles. The van der Waals surface area contributed by atoms with Crippen LogP contribution in [0.5, 0.6) is 0 Å². The molecule has 1 aliphatic heterocycles. The Morgan fingerprint density at radius 2 is 1.95 bits per heavy atom. The van der Waals surface area contributed by atoms with Gasteiger partial charge in [0.15, 0.2) is 0 Å². The van der Waals surface area contributed by atoms with Crippen LogP contribution in [0.1, 0.15) is 30.5 Å². The molecular weight excluding hydrogens is 473 g/mol. The summed E-state index contributed by atoms with van der Waals surface area (Å²) in [4.78, 5) is 26.9. The molecule has 1 aliphatic rings. The van der Waals surface area contributed by atoms with E-state index in [1.54, 1.807) is 23.1 Å². The highest BCUT2D eigenvalue weighted by Crippen LogP contribution is 2.22. The molecule has 1 unspecified atom stereocenters. The first kappa shape index (κ1) is 27.9. The van der Waals surface area contributed by atoms with Crippen molar-refractivity contribution in [3.05, 3.63) is 76.9 Å². The molecule has 9 nitrogen and oxygen atoms in total. The lowest BCUT2D eigenvalue weighted by Gasteiger charge is -2.41. The van der Waals surface area contributed by atoms with Gasteiger partial charge in [-0.2, -0.15) is 5.26 Å². The number of carbonyl (C=O) groups is 2. The number of benzene rings is 2. The summed E-state index contributed by atoms with van der Waals surface area (Å²) in [7, 11) is -1.74. The van der Waals surface area contributed by atoms with Crippen LogP contribution in [0.3, 0.4) is 0 Å². The van der Waals surface area contributed by atoms with E-state index in [9.17, 15) is 24.9 Å². The smallest absolute Gasteiger partial charge is 0.449 e. The maximum atomic E-state index is 13.0. The van der Waals surface area contributed by atoms with Gasteiger partial charge in [-0.25, -0.2) is 4.79 Å². The molecule has 0 saturated carbocycles. The van der Waals surface area contributed by atoms with Gasteiger partial charge in [-0.15, -0.1) is 0 Å². The van der Waals surface area contributed by atoms with E-state index < -0.39 is 24.7 Å². The fourth-order valence-corrected chi connectivity index (χ4v) is 4.08. The van der Waals surface area contributed by atoms with E-state index in [1.165, 1.54) is 0 Å². The Balaban J connectivity index is 1.56. The second-order valence-electron chi connectivity index (χ2n) is 9.48. The number of ether oxygens (including phenoxy) is 2. The third-order valence-electron chi connectivity index (χ3n) is 6.09. The number of alkyl carbamates (subject to hydrolysis) is 1. The van der Waals surface area contributed by atoms with Crippen LogP contribution in [0.2, 0.25) is 0 Å². The van der Waals surface area contributed by atoms with E-state index in [0.717, 1.165) is 11.1 Å². The minimum Gasteiger partial charge on any atom is -0.449 e. The van der Waals surface area contributed by atoms with Gasteiger partial charge in [0.25, 0.3) is 5.91 Å². The van der Waals surface area contributed by atoms with E-state index in [1.807, 2.05) is 62.4 Å². The lowest BCUT2D eigenvalue weighted by molar-refractivity contribution is -0.141. The topological polar surface area (TPSA) is 132 Å². The van der Waals surface area contributed by atoms with Gasteiger partial charge in [0.05, 0.1) is 31.3 Å². The number of rotatable bonds is 9. The highest BCUT2D eigenvalue weighted by molar-refractivity contribution is 6.43. The quantitative estimate of drug-likeness (QED) is 0.270. The van der Waals surface area contributed by atoms with Crippen molar-refractivity contribution in [3.63, 3.8) is 0 Å². The van der Waals surface area contributed by atoms with Crippen LogP contribution in [0.4, 0.5) is 4.79 Å². The monoisotopic (exact) mass is 505 g/mol. The lowest BCUT2D eigenvalue weighted by Crippen LogP contribution is -2.55.